The highest BCUT2D eigenvalue weighted by Gasteiger charge is 2.44. The molecule has 0 radical (unpaired) electrons. The number of hydrogen-bond donors (Lipinski definition) is 2. The molecule has 2 rings (SSSR count). The van der Waals surface area contributed by atoms with Crippen LogP contribution >= 0.6 is 0 Å². The first-order valence-electron chi connectivity index (χ1n) is 9.67. The molecule has 3 nitrogen and oxygen atoms in total. The number of nitrogens with one attached hydrogen (secondary N) is 1. The first-order valence-corrected chi connectivity index (χ1v) is 9.67. The normalized spacial score (nSPS) is 15.1. The lowest BCUT2D eigenvalue weighted by Gasteiger charge is -2.30. The minimum atomic E-state index is -4.83. The Labute approximate surface area is 170 Å². The highest BCUT2D eigenvalue weighted by molar-refractivity contribution is 5.84. The molecule has 3 atom stereocenters. The Hall–Kier alpha value is -2.34. The van der Waals surface area contributed by atoms with Gasteiger partial charge in [0, 0.05) is 0 Å². The third kappa shape index (κ3) is 6.07. The van der Waals surface area contributed by atoms with Crippen LogP contribution in [0.5, 0.6) is 0 Å². The molecule has 0 heterocycles. The Morgan fingerprint density at radius 1 is 1.07 bits per heavy atom. The number of halogens is 3. The zero-order valence-electron chi connectivity index (χ0n) is 17.1. The molecule has 0 aliphatic heterocycles. The van der Waals surface area contributed by atoms with Crippen LogP contribution in [0.4, 0.5) is 13.2 Å². The summed E-state index contributed by atoms with van der Waals surface area (Å²) in [5, 5.41) is 12.4. The van der Waals surface area contributed by atoms with Crippen molar-refractivity contribution in [1.82, 2.24) is 5.32 Å². The lowest BCUT2D eigenvalue weighted by Crippen LogP contribution is -2.52. The highest BCUT2D eigenvalue weighted by Crippen LogP contribution is 2.30. The summed E-state index contributed by atoms with van der Waals surface area (Å²) in [5.74, 6) is -1.26. The summed E-state index contributed by atoms with van der Waals surface area (Å²) in [6.07, 6.45) is -7.61. The third-order valence-electron chi connectivity index (χ3n) is 5.06. The van der Waals surface area contributed by atoms with Crippen LogP contribution in [0.15, 0.2) is 48.5 Å². The molecule has 0 saturated carbocycles. The van der Waals surface area contributed by atoms with E-state index >= 15 is 0 Å². The molecule has 2 aromatic rings. The van der Waals surface area contributed by atoms with Gasteiger partial charge in [0.25, 0.3) is 0 Å². The fraction of sp³-hybridized carbons (Fsp3) is 0.435. The van der Waals surface area contributed by atoms with E-state index in [0.717, 1.165) is 16.7 Å². The zero-order valence-corrected chi connectivity index (χ0v) is 17.1. The number of carbonyl (C=O) groups excluding carboxylic acids is 1. The number of aliphatic hydroxyl groups excluding tert-OH is 1. The van der Waals surface area contributed by atoms with Gasteiger partial charge < -0.3 is 10.4 Å². The van der Waals surface area contributed by atoms with Gasteiger partial charge in [-0.3, -0.25) is 4.79 Å². The minimum absolute atomic E-state index is 0.120. The summed E-state index contributed by atoms with van der Waals surface area (Å²) in [5.41, 5.74) is 3.27. The molecule has 29 heavy (non-hydrogen) atoms. The second kappa shape index (κ2) is 9.44. The summed E-state index contributed by atoms with van der Waals surface area (Å²) in [6, 6.07) is 12.8. The largest absolute Gasteiger partial charge is 0.416 e. The maximum absolute atomic E-state index is 13.3. The number of benzene rings is 2. The molecule has 0 saturated heterocycles. The molecule has 2 N–H and O–H groups in total. The molecule has 3 unspecified atom stereocenters. The van der Waals surface area contributed by atoms with Gasteiger partial charge in [0.1, 0.15) is 0 Å². The Balaban J connectivity index is 2.34. The molecule has 2 aromatic carbocycles. The third-order valence-corrected chi connectivity index (χ3v) is 5.06. The van der Waals surface area contributed by atoms with Crippen LogP contribution in [0.3, 0.4) is 0 Å². The van der Waals surface area contributed by atoms with Gasteiger partial charge in [-0.1, -0.05) is 67.9 Å². The Bertz CT molecular complexity index is 819. The lowest BCUT2D eigenvalue weighted by molar-refractivity contribution is -0.212. The second-order valence-corrected chi connectivity index (χ2v) is 7.87. The molecule has 158 valence electrons. The minimum Gasteiger partial charge on any atom is -0.382 e. The van der Waals surface area contributed by atoms with Crippen LogP contribution in [0.1, 0.15) is 42.0 Å². The van der Waals surface area contributed by atoms with Crippen LogP contribution in [-0.4, -0.2) is 29.3 Å². The number of aryl methyl sites for hydroxylation is 2. The maximum Gasteiger partial charge on any atom is 0.416 e. The topological polar surface area (TPSA) is 49.3 Å². The summed E-state index contributed by atoms with van der Waals surface area (Å²) in [6.45, 7) is 7.50. The van der Waals surface area contributed by atoms with Gasteiger partial charge >= 0.3 is 6.18 Å². The molecule has 0 bridgehead atoms. The van der Waals surface area contributed by atoms with E-state index in [1.807, 2.05) is 45.9 Å². The number of hydrogen-bond acceptors (Lipinski definition) is 2. The number of carbonyl (C=O) groups is 1. The predicted octanol–water partition coefficient (Wildman–Crippen LogP) is 4.69. The van der Waals surface area contributed by atoms with E-state index in [1.165, 1.54) is 0 Å². The van der Waals surface area contributed by atoms with E-state index in [2.05, 4.69) is 5.32 Å². The van der Waals surface area contributed by atoms with Crippen molar-refractivity contribution in [2.24, 2.45) is 5.92 Å². The van der Waals surface area contributed by atoms with Crippen molar-refractivity contribution in [2.75, 3.05) is 0 Å². The Kier molecular flexibility index (Phi) is 7.47. The standard InChI is InChI=1S/C23H28F3NO2/c1-14(2)20(18-12-15(3)10-11-16(18)4)22(29)27-19(21(28)23(24,25)26)13-17-8-6-5-7-9-17/h5-12,14,19-21,28H,13H2,1-4H3,(H,27,29). The van der Waals surface area contributed by atoms with Crippen LogP contribution in [0.2, 0.25) is 0 Å². The molecule has 0 aliphatic carbocycles. The van der Waals surface area contributed by atoms with E-state index < -0.39 is 30.1 Å². The van der Waals surface area contributed by atoms with Crippen molar-refractivity contribution < 1.29 is 23.1 Å². The van der Waals surface area contributed by atoms with Gasteiger partial charge in [0.2, 0.25) is 5.91 Å². The van der Waals surface area contributed by atoms with Crippen molar-refractivity contribution in [3.63, 3.8) is 0 Å². The molecule has 0 fully saturated rings. The maximum atomic E-state index is 13.3. The molecular weight excluding hydrogens is 379 g/mol. The van der Waals surface area contributed by atoms with Gasteiger partial charge in [-0.25, -0.2) is 0 Å². The van der Waals surface area contributed by atoms with Crippen molar-refractivity contribution in [3.8, 4) is 0 Å². The quantitative estimate of drug-likeness (QED) is 0.699. The molecule has 0 aromatic heterocycles. The summed E-state index contributed by atoms with van der Waals surface area (Å²) < 4.78 is 39.8. The summed E-state index contributed by atoms with van der Waals surface area (Å²) >= 11 is 0. The number of alkyl halides is 3. The second-order valence-electron chi connectivity index (χ2n) is 7.87. The highest BCUT2D eigenvalue weighted by atomic mass is 19.4. The van der Waals surface area contributed by atoms with E-state index in [0.29, 0.717) is 5.56 Å². The lowest BCUT2D eigenvalue weighted by atomic mass is 9.84. The van der Waals surface area contributed by atoms with Gasteiger partial charge in [0.05, 0.1) is 12.0 Å². The molecular formula is C23H28F3NO2. The number of amides is 1. The summed E-state index contributed by atoms with van der Waals surface area (Å²) in [7, 11) is 0. The van der Waals surface area contributed by atoms with Crippen molar-refractivity contribution in [1.29, 1.82) is 0 Å². The van der Waals surface area contributed by atoms with Gasteiger partial charge in [-0.05, 0) is 42.9 Å². The average Bonchev–Trinajstić information content (AvgIpc) is 2.63. The molecule has 0 spiro atoms. The van der Waals surface area contributed by atoms with Crippen LogP contribution in [0.25, 0.3) is 0 Å². The first kappa shape index (κ1) is 22.9. The molecule has 6 heteroatoms. The van der Waals surface area contributed by atoms with Crippen molar-refractivity contribution in [2.45, 2.75) is 58.4 Å². The van der Waals surface area contributed by atoms with Crippen LogP contribution in [-0.2, 0) is 11.2 Å². The van der Waals surface area contributed by atoms with Gasteiger partial charge in [0.15, 0.2) is 6.10 Å². The Morgan fingerprint density at radius 2 is 1.69 bits per heavy atom. The fourth-order valence-corrected chi connectivity index (χ4v) is 3.51. The summed E-state index contributed by atoms with van der Waals surface area (Å²) in [4.78, 5) is 13.1. The van der Waals surface area contributed by atoms with E-state index in [4.69, 9.17) is 0 Å². The zero-order chi connectivity index (χ0) is 21.8. The Morgan fingerprint density at radius 3 is 2.24 bits per heavy atom. The van der Waals surface area contributed by atoms with Crippen LogP contribution < -0.4 is 5.32 Å². The van der Waals surface area contributed by atoms with Gasteiger partial charge in [-0.2, -0.15) is 13.2 Å². The molecule has 1 amide bonds. The van der Waals surface area contributed by atoms with Crippen molar-refractivity contribution in [3.05, 3.63) is 70.8 Å². The predicted molar refractivity (Wildman–Crippen MR) is 108 cm³/mol. The first-order chi connectivity index (χ1) is 13.5. The monoisotopic (exact) mass is 407 g/mol. The number of rotatable bonds is 7. The molecule has 0 aliphatic rings. The SMILES string of the molecule is Cc1ccc(C)c(C(C(=O)NC(Cc2ccccc2)C(O)C(F)(F)F)C(C)C)c1. The van der Waals surface area contributed by atoms with E-state index in [9.17, 15) is 23.1 Å². The van der Waals surface area contributed by atoms with Gasteiger partial charge in [-0.15, -0.1) is 0 Å². The number of aliphatic hydroxyl groups is 1. The van der Waals surface area contributed by atoms with E-state index in [-0.39, 0.29) is 12.3 Å². The fourth-order valence-electron chi connectivity index (χ4n) is 3.51. The van der Waals surface area contributed by atoms with E-state index in [1.54, 1.807) is 30.3 Å². The average molecular weight is 407 g/mol. The smallest absolute Gasteiger partial charge is 0.382 e. The van der Waals surface area contributed by atoms with Crippen molar-refractivity contribution >= 4 is 5.91 Å². The van der Waals surface area contributed by atoms with Crippen LogP contribution in [0, 0.1) is 19.8 Å².